The normalized spacial score (nSPS) is 17.4. The van der Waals surface area contributed by atoms with E-state index in [1.807, 2.05) is 6.07 Å². The monoisotopic (exact) mass is 237 g/mol. The molecule has 0 atom stereocenters. The lowest BCUT2D eigenvalue weighted by molar-refractivity contribution is 0.0932. The van der Waals surface area contributed by atoms with Crippen molar-refractivity contribution >= 4 is 17.2 Å². The van der Waals surface area contributed by atoms with Gasteiger partial charge in [0.05, 0.1) is 4.88 Å². The van der Waals surface area contributed by atoms with E-state index in [4.69, 9.17) is 0 Å². The SMILES string of the molecule is Cc1cc(C(=O)NC2CCCCC2)sc1C. The molecule has 2 rings (SSSR count). The first kappa shape index (κ1) is 11.6. The van der Waals surface area contributed by atoms with Crippen molar-refractivity contribution in [3.05, 3.63) is 21.4 Å². The van der Waals surface area contributed by atoms with Crippen molar-refractivity contribution in [1.82, 2.24) is 5.32 Å². The Kier molecular flexibility index (Phi) is 3.64. The van der Waals surface area contributed by atoms with Gasteiger partial charge in [0.25, 0.3) is 5.91 Å². The average Bonchev–Trinajstić information content (AvgIpc) is 2.61. The predicted octanol–water partition coefficient (Wildman–Crippen LogP) is 3.43. The highest BCUT2D eigenvalue weighted by Gasteiger charge is 2.17. The lowest BCUT2D eigenvalue weighted by Crippen LogP contribution is -2.35. The van der Waals surface area contributed by atoms with E-state index in [1.54, 1.807) is 11.3 Å². The zero-order valence-corrected chi connectivity index (χ0v) is 10.8. The minimum Gasteiger partial charge on any atom is -0.349 e. The van der Waals surface area contributed by atoms with Crippen LogP contribution >= 0.6 is 11.3 Å². The quantitative estimate of drug-likeness (QED) is 0.839. The molecule has 0 bridgehead atoms. The van der Waals surface area contributed by atoms with Crippen LogP contribution in [0.3, 0.4) is 0 Å². The van der Waals surface area contributed by atoms with E-state index in [0.29, 0.717) is 6.04 Å². The van der Waals surface area contributed by atoms with E-state index in [2.05, 4.69) is 19.2 Å². The highest BCUT2D eigenvalue weighted by atomic mass is 32.1. The van der Waals surface area contributed by atoms with E-state index in [-0.39, 0.29) is 5.91 Å². The van der Waals surface area contributed by atoms with Crippen LogP contribution in [0, 0.1) is 13.8 Å². The average molecular weight is 237 g/mol. The van der Waals surface area contributed by atoms with E-state index in [0.717, 1.165) is 17.7 Å². The van der Waals surface area contributed by atoms with Gasteiger partial charge in [-0.3, -0.25) is 4.79 Å². The maximum Gasteiger partial charge on any atom is 0.261 e. The Morgan fingerprint density at radius 2 is 2.00 bits per heavy atom. The fourth-order valence-corrected chi connectivity index (χ4v) is 3.13. The molecule has 0 aliphatic heterocycles. The Morgan fingerprint density at radius 1 is 1.31 bits per heavy atom. The zero-order chi connectivity index (χ0) is 11.5. The van der Waals surface area contributed by atoms with Crippen molar-refractivity contribution in [1.29, 1.82) is 0 Å². The molecule has 1 aromatic rings. The summed E-state index contributed by atoms with van der Waals surface area (Å²) in [4.78, 5) is 14.1. The summed E-state index contributed by atoms with van der Waals surface area (Å²) in [5.74, 6) is 0.119. The molecular weight excluding hydrogens is 218 g/mol. The number of aryl methyl sites for hydroxylation is 2. The van der Waals surface area contributed by atoms with Gasteiger partial charge in [0.1, 0.15) is 0 Å². The molecule has 1 fully saturated rings. The molecule has 88 valence electrons. The Labute approximate surface area is 101 Å². The Hall–Kier alpha value is -0.830. The molecule has 1 saturated carbocycles. The van der Waals surface area contributed by atoms with Gasteiger partial charge in [-0.05, 0) is 38.3 Å². The van der Waals surface area contributed by atoms with Crippen molar-refractivity contribution in [3.63, 3.8) is 0 Å². The smallest absolute Gasteiger partial charge is 0.261 e. The molecule has 3 heteroatoms. The number of carbonyl (C=O) groups is 1. The van der Waals surface area contributed by atoms with Gasteiger partial charge in [0.15, 0.2) is 0 Å². The molecule has 0 aromatic carbocycles. The van der Waals surface area contributed by atoms with E-state index < -0.39 is 0 Å². The van der Waals surface area contributed by atoms with Gasteiger partial charge in [-0.1, -0.05) is 19.3 Å². The summed E-state index contributed by atoms with van der Waals surface area (Å²) in [7, 11) is 0. The predicted molar refractivity (Wildman–Crippen MR) is 68.1 cm³/mol. The standard InChI is InChI=1S/C13H19NOS/c1-9-8-12(16-10(9)2)13(15)14-11-6-4-3-5-7-11/h8,11H,3-7H2,1-2H3,(H,14,15). The summed E-state index contributed by atoms with van der Waals surface area (Å²) in [5, 5.41) is 3.15. The minimum atomic E-state index is 0.119. The van der Waals surface area contributed by atoms with Gasteiger partial charge in [-0.15, -0.1) is 11.3 Å². The Bertz CT molecular complexity index is 358. The lowest BCUT2D eigenvalue weighted by atomic mass is 9.95. The van der Waals surface area contributed by atoms with Crippen LogP contribution < -0.4 is 5.32 Å². The van der Waals surface area contributed by atoms with Gasteiger partial charge in [0, 0.05) is 10.9 Å². The maximum absolute atomic E-state index is 12.0. The fourth-order valence-electron chi connectivity index (χ4n) is 2.19. The third kappa shape index (κ3) is 2.64. The van der Waals surface area contributed by atoms with Gasteiger partial charge in [-0.2, -0.15) is 0 Å². The van der Waals surface area contributed by atoms with E-state index in [9.17, 15) is 4.79 Å². The summed E-state index contributed by atoms with van der Waals surface area (Å²) in [6.45, 7) is 4.13. The zero-order valence-electron chi connectivity index (χ0n) is 10.0. The first-order valence-electron chi connectivity index (χ1n) is 6.04. The summed E-state index contributed by atoms with van der Waals surface area (Å²) in [5.41, 5.74) is 1.22. The molecule has 1 heterocycles. The topological polar surface area (TPSA) is 29.1 Å². The molecule has 0 unspecified atom stereocenters. The third-order valence-corrected chi connectivity index (χ3v) is 4.48. The maximum atomic E-state index is 12.0. The summed E-state index contributed by atoms with van der Waals surface area (Å²) in [6, 6.07) is 2.40. The number of rotatable bonds is 2. The van der Waals surface area contributed by atoms with Crippen LogP contribution in [0.4, 0.5) is 0 Å². The number of hydrogen-bond acceptors (Lipinski definition) is 2. The fraction of sp³-hybridized carbons (Fsp3) is 0.615. The molecule has 0 spiro atoms. The molecule has 16 heavy (non-hydrogen) atoms. The molecule has 0 radical (unpaired) electrons. The second-order valence-electron chi connectivity index (χ2n) is 4.66. The molecular formula is C13H19NOS. The number of thiophene rings is 1. The van der Waals surface area contributed by atoms with Crippen LogP contribution in [0.15, 0.2) is 6.07 Å². The van der Waals surface area contributed by atoms with Gasteiger partial charge in [0.2, 0.25) is 0 Å². The number of nitrogens with one attached hydrogen (secondary N) is 1. The van der Waals surface area contributed by atoms with Crippen LogP contribution in [0.5, 0.6) is 0 Å². The first-order chi connectivity index (χ1) is 7.66. The minimum absolute atomic E-state index is 0.119. The number of amides is 1. The van der Waals surface area contributed by atoms with Crippen LogP contribution in [0.1, 0.15) is 52.2 Å². The van der Waals surface area contributed by atoms with Crippen molar-refractivity contribution in [2.45, 2.75) is 52.0 Å². The van der Waals surface area contributed by atoms with Crippen LogP contribution in [0.25, 0.3) is 0 Å². The second-order valence-corrected chi connectivity index (χ2v) is 5.91. The van der Waals surface area contributed by atoms with Gasteiger partial charge in [-0.25, -0.2) is 0 Å². The largest absolute Gasteiger partial charge is 0.349 e. The van der Waals surface area contributed by atoms with Crippen LogP contribution in [-0.4, -0.2) is 11.9 Å². The molecule has 1 aromatic heterocycles. The van der Waals surface area contributed by atoms with Gasteiger partial charge < -0.3 is 5.32 Å². The van der Waals surface area contributed by atoms with Crippen LogP contribution in [0.2, 0.25) is 0 Å². The lowest BCUT2D eigenvalue weighted by Gasteiger charge is -2.22. The molecule has 1 aliphatic rings. The summed E-state index contributed by atoms with van der Waals surface area (Å²) in [6.07, 6.45) is 6.13. The second kappa shape index (κ2) is 5.00. The van der Waals surface area contributed by atoms with E-state index in [1.165, 1.54) is 29.7 Å². The first-order valence-corrected chi connectivity index (χ1v) is 6.86. The molecule has 1 aliphatic carbocycles. The third-order valence-electron chi connectivity index (χ3n) is 3.33. The van der Waals surface area contributed by atoms with Crippen molar-refractivity contribution < 1.29 is 4.79 Å². The van der Waals surface area contributed by atoms with Crippen molar-refractivity contribution in [2.24, 2.45) is 0 Å². The van der Waals surface area contributed by atoms with Crippen LogP contribution in [-0.2, 0) is 0 Å². The van der Waals surface area contributed by atoms with Crippen molar-refractivity contribution in [3.8, 4) is 0 Å². The molecule has 1 amide bonds. The Morgan fingerprint density at radius 3 is 2.56 bits per heavy atom. The summed E-state index contributed by atoms with van der Waals surface area (Å²) >= 11 is 1.60. The molecule has 2 nitrogen and oxygen atoms in total. The highest BCUT2D eigenvalue weighted by Crippen LogP contribution is 2.22. The number of hydrogen-bond donors (Lipinski definition) is 1. The Balaban J connectivity index is 1.96. The molecule has 0 saturated heterocycles. The summed E-state index contributed by atoms with van der Waals surface area (Å²) < 4.78 is 0. The van der Waals surface area contributed by atoms with Gasteiger partial charge >= 0.3 is 0 Å². The number of carbonyl (C=O) groups excluding carboxylic acids is 1. The van der Waals surface area contributed by atoms with E-state index >= 15 is 0 Å². The highest BCUT2D eigenvalue weighted by molar-refractivity contribution is 7.14. The molecule has 1 N–H and O–H groups in total. The van der Waals surface area contributed by atoms with Crippen molar-refractivity contribution in [2.75, 3.05) is 0 Å².